The zero-order valence-electron chi connectivity index (χ0n) is 18.3. The molecule has 2 heterocycles. The Hall–Kier alpha value is -3.56. The minimum absolute atomic E-state index is 0.122. The Labute approximate surface area is 197 Å². The summed E-state index contributed by atoms with van der Waals surface area (Å²) in [5.41, 5.74) is 1.73. The van der Waals surface area contributed by atoms with Crippen molar-refractivity contribution in [2.75, 3.05) is 25.1 Å². The van der Waals surface area contributed by atoms with Gasteiger partial charge in [0, 0.05) is 36.3 Å². The standard InChI is InChI=1S/C25H21FN2O5S/c1-32-24(29)11-15-6-7-18-16(10-15)4-2-5-23(18)34(31)27-25(30)22-14-19-20(26)12-17(13-21(19)33-22)28-8-3-9-28/h2,4-7,10,12-14H,3,8-9,11H2,1H3,(H,27,30). The first-order chi connectivity index (χ1) is 16.4. The van der Waals surface area contributed by atoms with Crippen LogP contribution in [0.2, 0.25) is 0 Å². The summed E-state index contributed by atoms with van der Waals surface area (Å²) in [5.74, 6) is -1.66. The molecule has 0 saturated carbocycles. The fraction of sp³-hybridized carbons (Fsp3) is 0.200. The normalized spacial score (nSPS) is 14.1. The summed E-state index contributed by atoms with van der Waals surface area (Å²) in [4.78, 5) is 26.7. The van der Waals surface area contributed by atoms with Gasteiger partial charge in [-0.05, 0) is 35.6 Å². The summed E-state index contributed by atoms with van der Waals surface area (Å²) in [6.07, 6.45) is 1.18. The summed E-state index contributed by atoms with van der Waals surface area (Å²) >= 11 is -1.89. The molecule has 1 unspecified atom stereocenters. The van der Waals surface area contributed by atoms with Gasteiger partial charge in [-0.1, -0.05) is 24.3 Å². The minimum Gasteiger partial charge on any atom is -0.588 e. The zero-order valence-corrected chi connectivity index (χ0v) is 19.1. The molecule has 1 fully saturated rings. The van der Waals surface area contributed by atoms with E-state index in [-0.39, 0.29) is 29.1 Å². The van der Waals surface area contributed by atoms with Crippen LogP contribution in [0.5, 0.6) is 0 Å². The van der Waals surface area contributed by atoms with Crippen LogP contribution >= 0.6 is 0 Å². The molecule has 1 aromatic heterocycles. The lowest BCUT2D eigenvalue weighted by molar-refractivity contribution is -0.139. The van der Waals surface area contributed by atoms with Crippen molar-refractivity contribution >= 4 is 50.7 Å². The molecule has 0 bridgehead atoms. The number of amides is 1. The average Bonchev–Trinajstić information content (AvgIpc) is 3.22. The number of carbonyl (C=O) groups is 2. The number of esters is 1. The van der Waals surface area contributed by atoms with Gasteiger partial charge < -0.3 is 18.6 Å². The third kappa shape index (κ3) is 4.20. The lowest BCUT2D eigenvalue weighted by Gasteiger charge is -2.33. The van der Waals surface area contributed by atoms with Crippen molar-refractivity contribution in [3.63, 3.8) is 0 Å². The first-order valence-electron chi connectivity index (χ1n) is 10.7. The van der Waals surface area contributed by atoms with Gasteiger partial charge in [-0.25, -0.2) is 4.39 Å². The molecular formula is C25H21FN2O5S. The third-order valence-electron chi connectivity index (χ3n) is 5.88. The Bertz CT molecular complexity index is 1420. The topological polar surface area (TPSA) is 94.8 Å². The van der Waals surface area contributed by atoms with Gasteiger partial charge in [-0.3, -0.25) is 9.59 Å². The van der Waals surface area contributed by atoms with E-state index in [1.54, 1.807) is 30.3 Å². The highest BCUT2D eigenvalue weighted by molar-refractivity contribution is 7.90. The Morgan fingerprint density at radius 2 is 1.97 bits per heavy atom. The molecule has 0 radical (unpaired) electrons. The molecule has 5 rings (SSSR count). The Kier molecular flexibility index (Phi) is 5.89. The number of ether oxygens (including phenoxy) is 1. The van der Waals surface area contributed by atoms with Gasteiger partial charge in [0.2, 0.25) is 0 Å². The molecule has 1 saturated heterocycles. The number of benzene rings is 3. The summed E-state index contributed by atoms with van der Waals surface area (Å²) in [6, 6.07) is 15.0. The van der Waals surface area contributed by atoms with E-state index < -0.39 is 23.1 Å². The van der Waals surface area contributed by atoms with E-state index in [4.69, 9.17) is 9.15 Å². The molecule has 1 atom stereocenters. The molecule has 1 amide bonds. The number of nitrogens with zero attached hydrogens (tertiary/aromatic N) is 1. The fourth-order valence-electron chi connectivity index (χ4n) is 3.95. The number of fused-ring (bicyclic) bond motifs is 2. The van der Waals surface area contributed by atoms with Gasteiger partial charge in [0.25, 0.3) is 0 Å². The number of carbonyl (C=O) groups excluding carboxylic acids is 2. The SMILES string of the molecule is COC(=O)Cc1ccc2c([S+]([O-])NC(=O)c3cc4c(F)cc(N5CCC5)cc4o3)cccc2c1. The summed E-state index contributed by atoms with van der Waals surface area (Å²) in [6.45, 7) is 1.71. The highest BCUT2D eigenvalue weighted by Crippen LogP contribution is 2.31. The largest absolute Gasteiger partial charge is 0.588 e. The number of furan rings is 1. The van der Waals surface area contributed by atoms with E-state index in [0.29, 0.717) is 16.0 Å². The molecule has 1 aliphatic rings. The van der Waals surface area contributed by atoms with Crippen molar-refractivity contribution < 1.29 is 27.7 Å². The van der Waals surface area contributed by atoms with E-state index in [0.717, 1.165) is 30.5 Å². The van der Waals surface area contributed by atoms with Crippen molar-refractivity contribution in [2.45, 2.75) is 17.7 Å². The van der Waals surface area contributed by atoms with Gasteiger partial charge in [0.05, 0.1) is 18.9 Å². The third-order valence-corrected chi connectivity index (χ3v) is 7.01. The maximum absolute atomic E-state index is 14.6. The van der Waals surface area contributed by atoms with Crippen LogP contribution in [0.4, 0.5) is 10.1 Å². The van der Waals surface area contributed by atoms with Crippen molar-refractivity contribution in [1.29, 1.82) is 0 Å². The maximum Gasteiger partial charge on any atom is 0.328 e. The molecule has 34 heavy (non-hydrogen) atoms. The highest BCUT2D eigenvalue weighted by atomic mass is 32.2. The number of hydrogen-bond acceptors (Lipinski definition) is 6. The zero-order chi connectivity index (χ0) is 23.8. The second kappa shape index (κ2) is 9.00. The molecule has 4 aromatic rings. The molecule has 7 nitrogen and oxygen atoms in total. The smallest absolute Gasteiger partial charge is 0.328 e. The molecule has 174 valence electrons. The lowest BCUT2D eigenvalue weighted by atomic mass is 10.1. The quantitative estimate of drug-likeness (QED) is 0.330. The maximum atomic E-state index is 14.6. The van der Waals surface area contributed by atoms with Crippen LogP contribution in [-0.2, 0) is 27.3 Å². The number of halogens is 1. The molecule has 0 spiro atoms. The number of nitrogens with one attached hydrogen (secondary N) is 1. The van der Waals surface area contributed by atoms with Crippen LogP contribution in [-0.4, -0.2) is 36.6 Å². The van der Waals surface area contributed by atoms with Crippen LogP contribution < -0.4 is 9.62 Å². The molecular weight excluding hydrogens is 459 g/mol. The molecule has 9 heteroatoms. The predicted molar refractivity (Wildman–Crippen MR) is 127 cm³/mol. The van der Waals surface area contributed by atoms with E-state index in [9.17, 15) is 18.5 Å². The van der Waals surface area contributed by atoms with Crippen LogP contribution in [0.15, 0.2) is 63.9 Å². The van der Waals surface area contributed by atoms with Gasteiger partial charge >= 0.3 is 11.9 Å². The van der Waals surface area contributed by atoms with Crippen molar-refractivity contribution in [2.24, 2.45) is 0 Å². The number of hydrogen-bond donors (Lipinski definition) is 1. The monoisotopic (exact) mass is 480 g/mol. The average molecular weight is 481 g/mol. The van der Waals surface area contributed by atoms with Crippen LogP contribution in [0.25, 0.3) is 21.7 Å². The van der Waals surface area contributed by atoms with Crippen LogP contribution in [0.3, 0.4) is 0 Å². The van der Waals surface area contributed by atoms with Crippen molar-refractivity contribution in [3.05, 3.63) is 71.7 Å². The first-order valence-corrected chi connectivity index (χ1v) is 11.9. The summed E-state index contributed by atoms with van der Waals surface area (Å²) in [7, 11) is 1.33. The van der Waals surface area contributed by atoms with E-state index in [1.165, 1.54) is 19.2 Å². The fourth-order valence-corrected chi connectivity index (χ4v) is 4.92. The number of anilines is 1. The molecule has 0 aliphatic carbocycles. The van der Waals surface area contributed by atoms with Crippen molar-refractivity contribution in [1.82, 2.24) is 4.72 Å². The molecule has 1 N–H and O–H groups in total. The van der Waals surface area contributed by atoms with Crippen molar-refractivity contribution in [3.8, 4) is 0 Å². The van der Waals surface area contributed by atoms with Gasteiger partial charge in [-0.2, -0.15) is 4.72 Å². The first kappa shape index (κ1) is 22.2. The summed E-state index contributed by atoms with van der Waals surface area (Å²) < 4.78 is 40.3. The second-order valence-electron chi connectivity index (χ2n) is 8.06. The number of rotatable bonds is 6. The second-order valence-corrected chi connectivity index (χ2v) is 9.24. The molecule has 3 aromatic carbocycles. The van der Waals surface area contributed by atoms with Gasteiger partial charge in [0.15, 0.2) is 10.7 Å². The Balaban J connectivity index is 1.38. The predicted octanol–water partition coefficient (Wildman–Crippen LogP) is 4.10. The number of methoxy groups -OCH3 is 1. The van der Waals surface area contributed by atoms with Crippen LogP contribution in [0, 0.1) is 5.82 Å². The van der Waals surface area contributed by atoms with E-state index in [2.05, 4.69) is 4.72 Å². The Morgan fingerprint density at radius 1 is 1.15 bits per heavy atom. The molecule has 1 aliphatic heterocycles. The minimum atomic E-state index is -1.89. The van der Waals surface area contributed by atoms with E-state index in [1.807, 2.05) is 17.0 Å². The van der Waals surface area contributed by atoms with Gasteiger partial charge in [0.1, 0.15) is 22.8 Å². The van der Waals surface area contributed by atoms with Gasteiger partial charge in [-0.15, -0.1) is 0 Å². The lowest BCUT2D eigenvalue weighted by Crippen LogP contribution is -2.36. The Morgan fingerprint density at radius 3 is 2.71 bits per heavy atom. The highest BCUT2D eigenvalue weighted by Gasteiger charge is 2.24. The van der Waals surface area contributed by atoms with E-state index >= 15 is 0 Å². The summed E-state index contributed by atoms with van der Waals surface area (Å²) in [5, 5.41) is 1.64. The van der Waals surface area contributed by atoms with Crippen LogP contribution in [0.1, 0.15) is 22.5 Å².